The van der Waals surface area contributed by atoms with Crippen molar-refractivity contribution in [1.82, 2.24) is 15.2 Å². The van der Waals surface area contributed by atoms with E-state index < -0.39 is 12.1 Å². The molecule has 6 heteroatoms. The Morgan fingerprint density at radius 3 is 1.84 bits per heavy atom. The normalized spacial score (nSPS) is 12.9. The fraction of sp³-hybridized carbons (Fsp3) is 0.688. The minimum absolute atomic E-state index is 0.312. The number of para-hydroxylation sites is 1. The number of hydrogen-bond donors (Lipinski definition) is 3. The summed E-state index contributed by atoms with van der Waals surface area (Å²) >= 11 is 0. The van der Waals surface area contributed by atoms with Gasteiger partial charge in [-0.3, -0.25) is 9.59 Å². The molecule has 0 saturated carbocycles. The fourth-order valence-electron chi connectivity index (χ4n) is 5.21. The second-order valence-electron chi connectivity index (χ2n) is 11.0. The van der Waals surface area contributed by atoms with Gasteiger partial charge in [-0.25, -0.2) is 0 Å². The Morgan fingerprint density at radius 1 is 0.842 bits per heavy atom. The van der Waals surface area contributed by atoms with Crippen LogP contribution in [-0.2, 0) is 4.79 Å². The minimum Gasteiger partial charge on any atom is -0.391 e. The van der Waals surface area contributed by atoms with Crippen LogP contribution in [0.4, 0.5) is 0 Å². The molecule has 3 N–H and O–H groups in total. The maximum absolute atomic E-state index is 13.0. The van der Waals surface area contributed by atoms with Gasteiger partial charge in [-0.15, -0.1) is 0 Å². The predicted molar refractivity (Wildman–Crippen MR) is 158 cm³/mol. The lowest BCUT2D eigenvalue weighted by Crippen LogP contribution is -2.53. The van der Waals surface area contributed by atoms with Crippen molar-refractivity contribution >= 4 is 22.7 Å². The summed E-state index contributed by atoms with van der Waals surface area (Å²) in [4.78, 5) is 30.3. The van der Waals surface area contributed by atoms with Crippen molar-refractivity contribution in [3.63, 3.8) is 0 Å². The summed E-state index contributed by atoms with van der Waals surface area (Å²) in [7, 11) is 1.57. The van der Waals surface area contributed by atoms with Crippen molar-refractivity contribution in [3.05, 3.63) is 36.0 Å². The summed E-state index contributed by atoms with van der Waals surface area (Å²) in [6.07, 6.45) is 20.0. The number of benzene rings is 1. The van der Waals surface area contributed by atoms with E-state index in [1.807, 2.05) is 24.3 Å². The van der Waals surface area contributed by atoms with E-state index in [2.05, 4.69) is 17.2 Å². The van der Waals surface area contributed by atoms with Crippen LogP contribution in [0.5, 0.6) is 0 Å². The van der Waals surface area contributed by atoms with E-state index in [4.69, 9.17) is 0 Å². The van der Waals surface area contributed by atoms with E-state index in [9.17, 15) is 14.7 Å². The molecule has 2 aromatic rings. The highest BCUT2D eigenvalue weighted by Gasteiger charge is 2.32. The Labute approximate surface area is 231 Å². The van der Waals surface area contributed by atoms with E-state index >= 15 is 0 Å². The molecule has 2 amide bonds. The highest BCUT2D eigenvalue weighted by Crippen LogP contribution is 2.18. The summed E-state index contributed by atoms with van der Waals surface area (Å²) in [5.41, 5.74) is 1.27. The van der Waals surface area contributed by atoms with Gasteiger partial charge in [-0.2, -0.15) is 0 Å². The topological polar surface area (TPSA) is 85.4 Å². The van der Waals surface area contributed by atoms with Gasteiger partial charge in [0.15, 0.2) is 0 Å². The Bertz CT molecular complexity index is 891. The molecule has 0 bridgehead atoms. The van der Waals surface area contributed by atoms with Crippen molar-refractivity contribution < 1.29 is 14.7 Å². The van der Waals surface area contributed by atoms with Crippen molar-refractivity contribution in [2.75, 3.05) is 13.6 Å². The third-order valence-electron chi connectivity index (χ3n) is 7.55. The first-order valence-corrected chi connectivity index (χ1v) is 15.3. The van der Waals surface area contributed by atoms with Crippen LogP contribution in [-0.4, -0.2) is 52.5 Å². The zero-order chi connectivity index (χ0) is 27.6. The molecule has 2 atom stereocenters. The van der Waals surface area contributed by atoms with Gasteiger partial charge < -0.3 is 20.3 Å². The molecule has 0 unspecified atom stereocenters. The second-order valence-corrected chi connectivity index (χ2v) is 11.0. The van der Waals surface area contributed by atoms with E-state index in [1.165, 1.54) is 94.8 Å². The Balaban J connectivity index is 1.53. The SMILES string of the molecule is CCCCCCCCCCCCCCCCCCNC(=O)[C@H]([C@@H](C)O)N(C)C(=O)c1cc2ccccc2[nH]1. The van der Waals surface area contributed by atoms with Crippen LogP contribution in [0.3, 0.4) is 0 Å². The average Bonchev–Trinajstić information content (AvgIpc) is 3.34. The van der Waals surface area contributed by atoms with Crippen molar-refractivity contribution in [2.24, 2.45) is 0 Å². The predicted octanol–water partition coefficient (Wildman–Crippen LogP) is 7.37. The lowest BCUT2D eigenvalue weighted by Gasteiger charge is -2.29. The number of likely N-dealkylation sites (N-methyl/N-ethyl adjacent to an activating group) is 1. The van der Waals surface area contributed by atoms with E-state index in [-0.39, 0.29) is 11.8 Å². The van der Waals surface area contributed by atoms with Gasteiger partial charge in [0.05, 0.1) is 6.10 Å². The third kappa shape index (κ3) is 11.6. The van der Waals surface area contributed by atoms with Gasteiger partial charge in [-0.1, -0.05) is 121 Å². The number of nitrogens with one attached hydrogen (secondary N) is 2. The second kappa shape index (κ2) is 18.8. The first-order valence-electron chi connectivity index (χ1n) is 15.3. The molecule has 2 rings (SSSR count). The molecule has 1 heterocycles. The molecule has 214 valence electrons. The number of fused-ring (bicyclic) bond motifs is 1. The molecule has 0 saturated heterocycles. The lowest BCUT2D eigenvalue weighted by molar-refractivity contribution is -0.128. The highest BCUT2D eigenvalue weighted by molar-refractivity contribution is 6.00. The monoisotopic (exact) mass is 527 g/mol. The zero-order valence-electron chi connectivity index (χ0n) is 24.3. The summed E-state index contributed by atoms with van der Waals surface area (Å²) in [5.74, 6) is -0.627. The Kier molecular flexibility index (Phi) is 15.8. The molecule has 0 aliphatic carbocycles. The summed E-state index contributed by atoms with van der Waals surface area (Å²) in [5, 5.41) is 14.1. The van der Waals surface area contributed by atoms with Gasteiger partial charge >= 0.3 is 0 Å². The molecule has 1 aromatic carbocycles. The van der Waals surface area contributed by atoms with Crippen LogP contribution in [0, 0.1) is 0 Å². The highest BCUT2D eigenvalue weighted by atomic mass is 16.3. The maximum atomic E-state index is 13.0. The van der Waals surface area contributed by atoms with Crippen LogP contribution in [0.25, 0.3) is 10.9 Å². The summed E-state index contributed by atoms with van der Waals surface area (Å²) < 4.78 is 0. The van der Waals surface area contributed by atoms with Crippen molar-refractivity contribution in [3.8, 4) is 0 Å². The number of aromatic amines is 1. The number of aliphatic hydroxyl groups is 1. The molecule has 38 heavy (non-hydrogen) atoms. The molecule has 0 aliphatic rings. The zero-order valence-corrected chi connectivity index (χ0v) is 24.3. The molecule has 0 fully saturated rings. The van der Waals surface area contributed by atoms with E-state index in [0.29, 0.717) is 12.2 Å². The van der Waals surface area contributed by atoms with Crippen LogP contribution in [0.15, 0.2) is 30.3 Å². The van der Waals surface area contributed by atoms with Gasteiger partial charge in [0.2, 0.25) is 5.91 Å². The molecule has 0 spiro atoms. The molecule has 0 aliphatic heterocycles. The number of H-pyrrole nitrogens is 1. The van der Waals surface area contributed by atoms with Crippen molar-refractivity contribution in [2.45, 2.75) is 129 Å². The number of carbonyl (C=O) groups excluding carboxylic acids is 2. The quantitative estimate of drug-likeness (QED) is 0.148. The number of amides is 2. The van der Waals surface area contributed by atoms with Gasteiger partial charge in [0.1, 0.15) is 11.7 Å². The first kappa shape index (κ1) is 31.9. The number of rotatable bonds is 21. The Hall–Kier alpha value is -2.34. The van der Waals surface area contributed by atoms with Crippen LogP contribution < -0.4 is 5.32 Å². The molecule has 1 aromatic heterocycles. The average molecular weight is 528 g/mol. The minimum atomic E-state index is -0.973. The summed E-state index contributed by atoms with van der Waals surface area (Å²) in [6, 6.07) is 8.50. The first-order chi connectivity index (χ1) is 18.5. The van der Waals surface area contributed by atoms with Crippen LogP contribution in [0.1, 0.15) is 127 Å². The number of carbonyl (C=O) groups is 2. The molecular formula is C32H53N3O3. The number of aromatic nitrogens is 1. The number of hydrogen-bond acceptors (Lipinski definition) is 3. The van der Waals surface area contributed by atoms with Crippen LogP contribution >= 0.6 is 0 Å². The van der Waals surface area contributed by atoms with Gasteiger partial charge in [0.25, 0.3) is 5.91 Å². The molecule has 0 radical (unpaired) electrons. The van der Waals surface area contributed by atoms with Gasteiger partial charge in [0, 0.05) is 24.5 Å². The van der Waals surface area contributed by atoms with Gasteiger partial charge in [-0.05, 0) is 25.5 Å². The number of unbranched alkanes of at least 4 members (excludes halogenated alkanes) is 15. The molecule has 6 nitrogen and oxygen atoms in total. The van der Waals surface area contributed by atoms with E-state index in [0.717, 1.165) is 23.7 Å². The third-order valence-corrected chi connectivity index (χ3v) is 7.55. The number of nitrogens with zero attached hydrogens (tertiary/aromatic N) is 1. The lowest BCUT2D eigenvalue weighted by atomic mass is 10.0. The maximum Gasteiger partial charge on any atom is 0.270 e. The standard InChI is InChI=1S/C32H53N3O3/c1-4-5-6-7-8-9-10-11-12-13-14-15-16-17-18-21-24-33-31(37)30(26(2)36)35(3)32(38)29-25-27-22-19-20-23-28(27)34-29/h19-20,22-23,25-26,30,34,36H,4-18,21,24H2,1-3H3,(H,33,37)/t26-,30+/m1/s1. The largest absolute Gasteiger partial charge is 0.391 e. The fourth-order valence-corrected chi connectivity index (χ4v) is 5.21. The smallest absolute Gasteiger partial charge is 0.270 e. The Morgan fingerprint density at radius 2 is 1.34 bits per heavy atom. The number of aliphatic hydroxyl groups excluding tert-OH is 1. The molecular weight excluding hydrogens is 474 g/mol. The summed E-state index contributed by atoms with van der Waals surface area (Å²) in [6.45, 7) is 4.39. The van der Waals surface area contributed by atoms with Crippen molar-refractivity contribution in [1.29, 1.82) is 0 Å². The van der Waals surface area contributed by atoms with E-state index in [1.54, 1.807) is 20.0 Å². The van der Waals surface area contributed by atoms with Crippen LogP contribution in [0.2, 0.25) is 0 Å².